The van der Waals surface area contributed by atoms with E-state index >= 15 is 0 Å². The van der Waals surface area contributed by atoms with Crippen LogP contribution in [0.4, 0.5) is 5.82 Å². The molecule has 0 fully saturated rings. The SMILES string of the molecule is NC1=NS(=O)(=O)Nc2nonc21. The van der Waals surface area contributed by atoms with Gasteiger partial charge in [-0.1, -0.05) is 0 Å². The molecule has 0 amide bonds. The van der Waals surface area contributed by atoms with Crippen molar-refractivity contribution >= 4 is 21.9 Å². The average Bonchev–Trinajstić information content (AvgIpc) is 2.31. The second kappa shape index (κ2) is 1.94. The van der Waals surface area contributed by atoms with Crippen LogP contribution in [0.2, 0.25) is 0 Å². The van der Waals surface area contributed by atoms with Crippen molar-refractivity contribution < 1.29 is 13.0 Å². The molecular formula is C3H3N5O3S. The van der Waals surface area contributed by atoms with Crippen molar-refractivity contribution in [2.24, 2.45) is 10.1 Å². The van der Waals surface area contributed by atoms with Crippen LogP contribution in [0.25, 0.3) is 0 Å². The van der Waals surface area contributed by atoms with Crippen LogP contribution in [0, 0.1) is 0 Å². The lowest BCUT2D eigenvalue weighted by Crippen LogP contribution is -2.26. The van der Waals surface area contributed by atoms with E-state index in [9.17, 15) is 8.42 Å². The number of rotatable bonds is 0. The molecule has 0 bridgehead atoms. The number of fused-ring (bicyclic) bond motifs is 1. The number of nitrogens with zero attached hydrogens (tertiary/aromatic N) is 3. The third-order valence-corrected chi connectivity index (χ3v) is 2.06. The molecule has 0 spiro atoms. The lowest BCUT2D eigenvalue weighted by Gasteiger charge is -2.06. The molecule has 1 aromatic rings. The molecule has 12 heavy (non-hydrogen) atoms. The average molecular weight is 189 g/mol. The molecule has 0 saturated carbocycles. The molecule has 2 rings (SSSR count). The summed E-state index contributed by atoms with van der Waals surface area (Å²) >= 11 is 0. The molecule has 3 N–H and O–H groups in total. The van der Waals surface area contributed by atoms with Crippen molar-refractivity contribution in [2.75, 3.05) is 4.72 Å². The highest BCUT2D eigenvalue weighted by molar-refractivity contribution is 7.91. The zero-order valence-electron chi connectivity index (χ0n) is 5.55. The van der Waals surface area contributed by atoms with Gasteiger partial charge in [-0.3, -0.25) is 0 Å². The minimum Gasteiger partial charge on any atom is -0.381 e. The zero-order chi connectivity index (χ0) is 8.77. The molecule has 0 unspecified atom stereocenters. The van der Waals surface area contributed by atoms with E-state index < -0.39 is 10.2 Å². The number of nitrogens with two attached hydrogens (primary N) is 1. The van der Waals surface area contributed by atoms with Crippen LogP contribution >= 0.6 is 0 Å². The normalized spacial score (nSPS) is 19.2. The summed E-state index contributed by atoms with van der Waals surface area (Å²) < 4.78 is 31.0. The maximum Gasteiger partial charge on any atom is 0.345 e. The number of amidine groups is 1. The molecule has 2 heterocycles. The number of hydrogen-bond donors (Lipinski definition) is 2. The Morgan fingerprint density at radius 1 is 1.42 bits per heavy atom. The van der Waals surface area contributed by atoms with Crippen molar-refractivity contribution in [3.05, 3.63) is 5.69 Å². The van der Waals surface area contributed by atoms with Crippen molar-refractivity contribution in [2.45, 2.75) is 0 Å². The third-order valence-electron chi connectivity index (χ3n) is 1.18. The zero-order valence-corrected chi connectivity index (χ0v) is 6.37. The summed E-state index contributed by atoms with van der Waals surface area (Å²) in [7, 11) is -3.76. The molecule has 0 aliphatic carbocycles. The first-order chi connectivity index (χ1) is 5.58. The first kappa shape index (κ1) is 7.03. The number of nitrogens with one attached hydrogen (secondary N) is 1. The van der Waals surface area contributed by atoms with E-state index in [1.807, 2.05) is 4.72 Å². The minimum atomic E-state index is -3.76. The number of aromatic nitrogens is 2. The van der Waals surface area contributed by atoms with Crippen molar-refractivity contribution in [1.82, 2.24) is 10.3 Å². The van der Waals surface area contributed by atoms with E-state index in [1.165, 1.54) is 0 Å². The first-order valence-electron chi connectivity index (χ1n) is 2.79. The molecule has 0 aromatic carbocycles. The van der Waals surface area contributed by atoms with Gasteiger partial charge < -0.3 is 5.73 Å². The Bertz CT molecular complexity index is 444. The van der Waals surface area contributed by atoms with E-state index in [1.54, 1.807) is 0 Å². The second-order valence-corrected chi connectivity index (χ2v) is 3.35. The van der Waals surface area contributed by atoms with E-state index in [2.05, 4.69) is 19.3 Å². The smallest absolute Gasteiger partial charge is 0.345 e. The van der Waals surface area contributed by atoms with Gasteiger partial charge in [0, 0.05) is 0 Å². The topological polar surface area (TPSA) is 123 Å². The van der Waals surface area contributed by atoms with Crippen LogP contribution in [-0.2, 0) is 10.2 Å². The minimum absolute atomic E-state index is 0.0394. The maximum atomic E-state index is 10.8. The lowest BCUT2D eigenvalue weighted by molar-refractivity contribution is 0.308. The van der Waals surface area contributed by atoms with Gasteiger partial charge in [0.2, 0.25) is 5.82 Å². The van der Waals surface area contributed by atoms with Gasteiger partial charge in [0.05, 0.1) is 0 Å². The van der Waals surface area contributed by atoms with Crippen molar-refractivity contribution in [3.63, 3.8) is 0 Å². The van der Waals surface area contributed by atoms with E-state index in [0.29, 0.717) is 0 Å². The summed E-state index contributed by atoms with van der Waals surface area (Å²) in [5, 5.41) is 6.60. The van der Waals surface area contributed by atoms with E-state index in [4.69, 9.17) is 5.73 Å². The van der Waals surface area contributed by atoms with Gasteiger partial charge in [0.15, 0.2) is 11.5 Å². The summed E-state index contributed by atoms with van der Waals surface area (Å²) in [4.78, 5) is 0. The van der Waals surface area contributed by atoms with Gasteiger partial charge in [-0.2, -0.15) is 8.42 Å². The maximum absolute atomic E-state index is 10.8. The Labute approximate surface area is 66.6 Å². The molecule has 0 saturated heterocycles. The van der Waals surface area contributed by atoms with Gasteiger partial charge in [-0.15, -0.1) is 4.40 Å². The third kappa shape index (κ3) is 0.906. The fourth-order valence-electron chi connectivity index (χ4n) is 0.741. The monoisotopic (exact) mass is 189 g/mol. The van der Waals surface area contributed by atoms with Crippen molar-refractivity contribution in [3.8, 4) is 0 Å². The summed E-state index contributed by atoms with van der Waals surface area (Å²) in [6, 6.07) is 0. The summed E-state index contributed by atoms with van der Waals surface area (Å²) in [5.41, 5.74) is 5.34. The van der Waals surface area contributed by atoms with Gasteiger partial charge in [-0.25, -0.2) is 9.35 Å². The van der Waals surface area contributed by atoms with Gasteiger partial charge >= 0.3 is 10.2 Å². The van der Waals surface area contributed by atoms with Crippen molar-refractivity contribution in [1.29, 1.82) is 0 Å². The van der Waals surface area contributed by atoms with Gasteiger partial charge in [0.1, 0.15) is 0 Å². The summed E-state index contributed by atoms with van der Waals surface area (Å²) in [5.74, 6) is -0.271. The Balaban J connectivity index is 2.67. The number of hydrogen-bond acceptors (Lipinski definition) is 6. The Morgan fingerprint density at radius 3 is 2.92 bits per heavy atom. The molecule has 1 aliphatic heterocycles. The molecule has 0 radical (unpaired) electrons. The van der Waals surface area contributed by atoms with Gasteiger partial charge in [-0.05, 0) is 10.3 Å². The van der Waals surface area contributed by atoms with Crippen LogP contribution in [-0.4, -0.2) is 24.6 Å². The predicted octanol–water partition coefficient (Wildman–Crippen LogP) is -1.55. The van der Waals surface area contributed by atoms with Gasteiger partial charge in [0.25, 0.3) is 0 Å². The molecular weight excluding hydrogens is 186 g/mol. The molecule has 0 atom stereocenters. The summed E-state index contributed by atoms with van der Waals surface area (Å²) in [6.45, 7) is 0. The highest BCUT2D eigenvalue weighted by atomic mass is 32.2. The van der Waals surface area contributed by atoms with Crippen LogP contribution < -0.4 is 10.5 Å². The van der Waals surface area contributed by atoms with Crippen LogP contribution in [0.3, 0.4) is 0 Å². The standard InChI is InChI=1S/C3H3N5O3S/c4-2-1-3(6-11-5-1)8-12(9,10)7-2/h(H2,4,7)(H,6,8). The van der Waals surface area contributed by atoms with E-state index in [-0.39, 0.29) is 17.3 Å². The van der Waals surface area contributed by atoms with Crippen LogP contribution in [0.15, 0.2) is 9.03 Å². The van der Waals surface area contributed by atoms with Crippen LogP contribution in [0.5, 0.6) is 0 Å². The molecule has 1 aliphatic rings. The Hall–Kier alpha value is -1.64. The Morgan fingerprint density at radius 2 is 2.17 bits per heavy atom. The largest absolute Gasteiger partial charge is 0.381 e. The summed E-state index contributed by atoms with van der Waals surface area (Å²) in [6.07, 6.45) is 0. The second-order valence-electron chi connectivity index (χ2n) is 2.02. The highest BCUT2D eigenvalue weighted by Crippen LogP contribution is 2.16. The predicted molar refractivity (Wildman–Crippen MR) is 37.6 cm³/mol. The van der Waals surface area contributed by atoms with Crippen LogP contribution in [0.1, 0.15) is 5.69 Å². The molecule has 1 aromatic heterocycles. The fraction of sp³-hybridized carbons (Fsp3) is 0. The number of anilines is 1. The fourth-order valence-corrected chi connectivity index (χ4v) is 1.51. The molecule has 64 valence electrons. The highest BCUT2D eigenvalue weighted by Gasteiger charge is 2.25. The Kier molecular flexibility index (Phi) is 1.14. The quantitative estimate of drug-likeness (QED) is 0.509. The van der Waals surface area contributed by atoms with E-state index in [0.717, 1.165) is 0 Å². The lowest BCUT2D eigenvalue weighted by atomic mass is 10.4. The molecule has 8 nitrogen and oxygen atoms in total. The first-order valence-corrected chi connectivity index (χ1v) is 4.23. The molecule has 9 heteroatoms.